The first-order valence-electron chi connectivity index (χ1n) is 3.89. The van der Waals surface area contributed by atoms with Gasteiger partial charge in [0.05, 0.1) is 18.3 Å². The van der Waals surface area contributed by atoms with Crippen LogP contribution in [0, 0.1) is 0 Å². The van der Waals surface area contributed by atoms with Crippen LogP contribution in [-0.4, -0.2) is 25.6 Å². The molecule has 0 bridgehead atoms. The third-order valence-corrected chi connectivity index (χ3v) is 1.70. The fraction of sp³-hybridized carbons (Fsp3) is 0.125. The standard InChI is InChI=1S/C8H7N3O3/c12-8(13)1-6-2-9-4-11(6)7-3-10-5-14-7/h2-5H,1H2,(H,12,13). The number of aromatic nitrogens is 3. The predicted molar refractivity (Wildman–Crippen MR) is 45.0 cm³/mol. The molecular weight excluding hydrogens is 186 g/mol. The number of imidazole rings is 1. The summed E-state index contributed by atoms with van der Waals surface area (Å²) in [6, 6.07) is 0. The van der Waals surface area contributed by atoms with Gasteiger partial charge in [-0.2, -0.15) is 0 Å². The first kappa shape index (κ1) is 8.49. The van der Waals surface area contributed by atoms with Crippen molar-refractivity contribution in [1.82, 2.24) is 14.5 Å². The quantitative estimate of drug-likeness (QED) is 0.767. The lowest BCUT2D eigenvalue weighted by Crippen LogP contribution is -2.05. The highest BCUT2D eigenvalue weighted by atomic mass is 16.4. The second-order valence-corrected chi connectivity index (χ2v) is 2.67. The van der Waals surface area contributed by atoms with Crippen LogP contribution in [0.4, 0.5) is 0 Å². The van der Waals surface area contributed by atoms with Crippen LogP contribution in [0.2, 0.25) is 0 Å². The average molecular weight is 193 g/mol. The lowest BCUT2D eigenvalue weighted by molar-refractivity contribution is -0.136. The minimum Gasteiger partial charge on any atom is -0.481 e. The molecule has 0 spiro atoms. The van der Waals surface area contributed by atoms with Crippen molar-refractivity contribution in [2.24, 2.45) is 0 Å². The summed E-state index contributed by atoms with van der Waals surface area (Å²) in [6.45, 7) is 0. The second-order valence-electron chi connectivity index (χ2n) is 2.67. The molecule has 0 radical (unpaired) electrons. The summed E-state index contributed by atoms with van der Waals surface area (Å²) < 4.78 is 6.56. The van der Waals surface area contributed by atoms with Crippen LogP contribution in [0.1, 0.15) is 5.69 Å². The predicted octanol–water partition coefficient (Wildman–Crippen LogP) is 0.487. The molecule has 2 aromatic rings. The van der Waals surface area contributed by atoms with Gasteiger partial charge in [0.25, 0.3) is 0 Å². The van der Waals surface area contributed by atoms with E-state index in [2.05, 4.69) is 9.97 Å². The summed E-state index contributed by atoms with van der Waals surface area (Å²) in [5.41, 5.74) is 0.550. The number of hydrogen-bond acceptors (Lipinski definition) is 4. The average Bonchev–Trinajstić information content (AvgIpc) is 2.70. The Morgan fingerprint density at radius 2 is 2.36 bits per heavy atom. The maximum atomic E-state index is 10.5. The van der Waals surface area contributed by atoms with Gasteiger partial charge in [-0.25, -0.2) is 9.97 Å². The lowest BCUT2D eigenvalue weighted by atomic mass is 10.3. The van der Waals surface area contributed by atoms with Crippen molar-refractivity contribution in [3.8, 4) is 5.88 Å². The van der Waals surface area contributed by atoms with Gasteiger partial charge >= 0.3 is 5.97 Å². The van der Waals surface area contributed by atoms with Crippen molar-refractivity contribution in [2.75, 3.05) is 0 Å². The lowest BCUT2D eigenvalue weighted by Gasteiger charge is -2.00. The fourth-order valence-electron chi connectivity index (χ4n) is 1.13. The maximum Gasteiger partial charge on any atom is 0.309 e. The Morgan fingerprint density at radius 1 is 1.50 bits per heavy atom. The monoisotopic (exact) mass is 193 g/mol. The number of rotatable bonds is 3. The molecule has 0 saturated heterocycles. The van der Waals surface area contributed by atoms with Crippen LogP contribution in [-0.2, 0) is 11.2 Å². The second kappa shape index (κ2) is 3.33. The Kier molecular flexibility index (Phi) is 2.02. The molecule has 2 rings (SSSR count). The van der Waals surface area contributed by atoms with Crippen molar-refractivity contribution in [3.05, 3.63) is 30.8 Å². The number of oxazole rings is 1. The van der Waals surface area contributed by atoms with E-state index in [4.69, 9.17) is 9.52 Å². The van der Waals surface area contributed by atoms with Crippen LogP contribution >= 0.6 is 0 Å². The van der Waals surface area contributed by atoms with Crippen molar-refractivity contribution in [2.45, 2.75) is 6.42 Å². The molecule has 0 aromatic carbocycles. The summed E-state index contributed by atoms with van der Waals surface area (Å²) in [5, 5.41) is 8.62. The van der Waals surface area contributed by atoms with E-state index in [-0.39, 0.29) is 6.42 Å². The fourth-order valence-corrected chi connectivity index (χ4v) is 1.13. The molecule has 1 N–H and O–H groups in total. The summed E-state index contributed by atoms with van der Waals surface area (Å²) in [4.78, 5) is 18.1. The van der Waals surface area contributed by atoms with Gasteiger partial charge in [-0.05, 0) is 0 Å². The SMILES string of the molecule is O=C(O)Cc1cncn1-c1cnco1. The summed E-state index contributed by atoms with van der Waals surface area (Å²) in [6.07, 6.45) is 5.64. The van der Waals surface area contributed by atoms with Gasteiger partial charge in [-0.15, -0.1) is 0 Å². The number of nitrogens with zero attached hydrogens (tertiary/aromatic N) is 3. The molecule has 0 atom stereocenters. The Labute approximate surface area is 78.8 Å². The number of aliphatic carboxylic acids is 1. The summed E-state index contributed by atoms with van der Waals surface area (Å²) >= 11 is 0. The minimum absolute atomic E-state index is 0.0965. The van der Waals surface area contributed by atoms with E-state index in [1.807, 2.05) is 0 Å². The minimum atomic E-state index is -0.911. The molecule has 0 aliphatic carbocycles. The molecule has 0 aliphatic heterocycles. The van der Waals surface area contributed by atoms with E-state index in [0.717, 1.165) is 0 Å². The van der Waals surface area contributed by atoms with Gasteiger partial charge in [-0.1, -0.05) is 0 Å². The number of carbonyl (C=O) groups is 1. The van der Waals surface area contributed by atoms with E-state index < -0.39 is 5.97 Å². The molecule has 6 heteroatoms. The highest BCUT2D eigenvalue weighted by Crippen LogP contribution is 2.10. The molecule has 0 fully saturated rings. The van der Waals surface area contributed by atoms with E-state index in [9.17, 15) is 4.79 Å². The van der Waals surface area contributed by atoms with Gasteiger partial charge in [0.1, 0.15) is 6.33 Å². The molecule has 0 aliphatic rings. The highest BCUT2D eigenvalue weighted by Gasteiger charge is 2.09. The smallest absolute Gasteiger partial charge is 0.309 e. The van der Waals surface area contributed by atoms with Gasteiger partial charge in [-0.3, -0.25) is 9.36 Å². The van der Waals surface area contributed by atoms with Crippen LogP contribution in [0.3, 0.4) is 0 Å². The van der Waals surface area contributed by atoms with Crippen molar-refractivity contribution >= 4 is 5.97 Å². The van der Waals surface area contributed by atoms with Crippen molar-refractivity contribution in [3.63, 3.8) is 0 Å². The molecule has 0 saturated carbocycles. The molecule has 6 nitrogen and oxygen atoms in total. The Bertz CT molecular complexity index is 432. The third kappa shape index (κ3) is 1.49. The Balaban J connectivity index is 2.35. The zero-order valence-corrected chi connectivity index (χ0v) is 7.12. The molecule has 72 valence electrons. The van der Waals surface area contributed by atoms with Crippen molar-refractivity contribution in [1.29, 1.82) is 0 Å². The van der Waals surface area contributed by atoms with E-state index in [1.165, 1.54) is 25.1 Å². The molecule has 0 unspecified atom stereocenters. The zero-order valence-electron chi connectivity index (χ0n) is 7.12. The number of hydrogen-bond donors (Lipinski definition) is 1. The molecule has 14 heavy (non-hydrogen) atoms. The largest absolute Gasteiger partial charge is 0.481 e. The van der Waals surface area contributed by atoms with Crippen LogP contribution < -0.4 is 0 Å². The summed E-state index contributed by atoms with van der Waals surface area (Å²) in [7, 11) is 0. The third-order valence-electron chi connectivity index (χ3n) is 1.70. The Morgan fingerprint density at radius 3 is 3.00 bits per heavy atom. The molecule has 2 aromatic heterocycles. The zero-order chi connectivity index (χ0) is 9.97. The number of carboxylic acids is 1. The van der Waals surface area contributed by atoms with Crippen molar-refractivity contribution < 1.29 is 14.3 Å². The normalized spacial score (nSPS) is 10.3. The Hall–Kier alpha value is -2.11. The first-order valence-corrected chi connectivity index (χ1v) is 3.89. The van der Waals surface area contributed by atoms with Crippen LogP contribution in [0.5, 0.6) is 0 Å². The van der Waals surface area contributed by atoms with E-state index in [1.54, 1.807) is 4.57 Å². The van der Waals surface area contributed by atoms with Gasteiger partial charge in [0.15, 0.2) is 6.39 Å². The maximum absolute atomic E-state index is 10.5. The van der Waals surface area contributed by atoms with Gasteiger partial charge < -0.3 is 9.52 Å². The first-order chi connectivity index (χ1) is 6.77. The van der Waals surface area contributed by atoms with Crippen LogP contribution in [0.25, 0.3) is 5.88 Å². The van der Waals surface area contributed by atoms with E-state index >= 15 is 0 Å². The van der Waals surface area contributed by atoms with Crippen LogP contribution in [0.15, 0.2) is 29.5 Å². The van der Waals surface area contributed by atoms with E-state index in [0.29, 0.717) is 11.6 Å². The topological polar surface area (TPSA) is 81.1 Å². The summed E-state index contributed by atoms with van der Waals surface area (Å²) in [5.74, 6) is -0.454. The molecular formula is C8H7N3O3. The van der Waals surface area contributed by atoms with Gasteiger partial charge in [0.2, 0.25) is 5.88 Å². The molecule has 0 amide bonds. The highest BCUT2D eigenvalue weighted by molar-refractivity contribution is 5.69. The number of carboxylic acid groups (broad SMARTS) is 1. The van der Waals surface area contributed by atoms with Gasteiger partial charge in [0, 0.05) is 6.20 Å². The molecule has 2 heterocycles.